The van der Waals surface area contributed by atoms with Crippen LogP contribution >= 0.6 is 0 Å². The number of ether oxygens (including phenoxy) is 1. The largest absolute Gasteiger partial charge is 0.492 e. The number of hydrogen-bond donors (Lipinski definition) is 0. The number of rotatable bonds is 6. The standard InChI is InChI=1S/C20H23N3O4/c1-16-7-8-17(15-19(16)23(25)26)20(24)22-11-9-21(10-12-22)13-14-27-18-5-3-2-4-6-18/h2-8,15H,9-14H2,1H3. The number of hydrogen-bond acceptors (Lipinski definition) is 5. The van der Waals surface area contributed by atoms with Gasteiger partial charge < -0.3 is 9.64 Å². The Morgan fingerprint density at radius 1 is 1.11 bits per heavy atom. The normalized spacial score (nSPS) is 14.8. The van der Waals surface area contributed by atoms with Gasteiger partial charge in [-0.1, -0.05) is 24.3 Å². The molecule has 0 aliphatic carbocycles. The topological polar surface area (TPSA) is 75.9 Å². The summed E-state index contributed by atoms with van der Waals surface area (Å²) in [6, 6.07) is 14.3. The first-order valence-corrected chi connectivity index (χ1v) is 8.99. The molecule has 0 N–H and O–H groups in total. The minimum Gasteiger partial charge on any atom is -0.492 e. The predicted molar refractivity (Wildman–Crippen MR) is 102 cm³/mol. The van der Waals surface area contributed by atoms with Crippen molar-refractivity contribution in [3.63, 3.8) is 0 Å². The quantitative estimate of drug-likeness (QED) is 0.578. The van der Waals surface area contributed by atoms with E-state index in [1.807, 2.05) is 30.3 Å². The molecule has 1 aliphatic heterocycles. The molecule has 1 aliphatic rings. The van der Waals surface area contributed by atoms with E-state index in [2.05, 4.69) is 4.90 Å². The van der Waals surface area contributed by atoms with Crippen LogP contribution in [0.3, 0.4) is 0 Å². The van der Waals surface area contributed by atoms with Crippen LogP contribution in [0.5, 0.6) is 5.75 Å². The number of nitro benzene ring substituents is 1. The van der Waals surface area contributed by atoms with Crippen molar-refractivity contribution in [3.8, 4) is 5.75 Å². The lowest BCUT2D eigenvalue weighted by molar-refractivity contribution is -0.385. The third-order valence-electron chi connectivity index (χ3n) is 4.73. The van der Waals surface area contributed by atoms with E-state index in [9.17, 15) is 14.9 Å². The van der Waals surface area contributed by atoms with Crippen molar-refractivity contribution in [2.45, 2.75) is 6.92 Å². The maximum Gasteiger partial charge on any atom is 0.273 e. The fourth-order valence-corrected chi connectivity index (χ4v) is 3.11. The molecule has 0 radical (unpaired) electrons. The molecule has 0 aromatic heterocycles. The van der Waals surface area contributed by atoms with E-state index in [0.717, 1.165) is 25.4 Å². The summed E-state index contributed by atoms with van der Waals surface area (Å²) in [7, 11) is 0. The Labute approximate surface area is 158 Å². The lowest BCUT2D eigenvalue weighted by atomic mass is 10.1. The second kappa shape index (κ2) is 8.64. The average Bonchev–Trinajstić information content (AvgIpc) is 2.69. The van der Waals surface area contributed by atoms with E-state index >= 15 is 0 Å². The Morgan fingerprint density at radius 2 is 1.81 bits per heavy atom. The number of carbonyl (C=O) groups excluding carboxylic acids is 1. The van der Waals surface area contributed by atoms with E-state index in [1.165, 1.54) is 6.07 Å². The molecule has 0 spiro atoms. The molecule has 2 aromatic carbocycles. The molecule has 7 heteroatoms. The molecule has 3 rings (SSSR count). The van der Waals surface area contributed by atoms with Gasteiger partial charge in [0.05, 0.1) is 4.92 Å². The predicted octanol–water partition coefficient (Wildman–Crippen LogP) is 2.74. The smallest absolute Gasteiger partial charge is 0.273 e. The van der Waals surface area contributed by atoms with Crippen molar-refractivity contribution in [3.05, 3.63) is 69.8 Å². The first-order valence-electron chi connectivity index (χ1n) is 8.99. The van der Waals surface area contributed by atoms with Gasteiger partial charge in [-0.3, -0.25) is 19.8 Å². The van der Waals surface area contributed by atoms with Gasteiger partial charge in [-0.2, -0.15) is 0 Å². The van der Waals surface area contributed by atoms with Gasteiger partial charge in [0.2, 0.25) is 0 Å². The van der Waals surface area contributed by atoms with Crippen LogP contribution in [0.2, 0.25) is 0 Å². The third kappa shape index (κ3) is 4.83. The number of benzene rings is 2. The van der Waals surface area contributed by atoms with Crippen molar-refractivity contribution in [1.82, 2.24) is 9.80 Å². The molecule has 2 aromatic rings. The number of aryl methyl sites for hydroxylation is 1. The zero-order valence-corrected chi connectivity index (χ0v) is 15.3. The monoisotopic (exact) mass is 369 g/mol. The number of para-hydroxylation sites is 1. The molecule has 1 saturated heterocycles. The van der Waals surface area contributed by atoms with Crippen LogP contribution < -0.4 is 4.74 Å². The maximum absolute atomic E-state index is 12.7. The Kier molecular flexibility index (Phi) is 6.03. The lowest BCUT2D eigenvalue weighted by Crippen LogP contribution is -2.49. The molecule has 0 saturated carbocycles. The fourth-order valence-electron chi connectivity index (χ4n) is 3.11. The minimum absolute atomic E-state index is 0.0162. The number of carbonyl (C=O) groups is 1. The highest BCUT2D eigenvalue weighted by Crippen LogP contribution is 2.20. The summed E-state index contributed by atoms with van der Waals surface area (Å²) >= 11 is 0. The Balaban J connectivity index is 1.49. The summed E-state index contributed by atoms with van der Waals surface area (Å²) in [5, 5.41) is 11.1. The summed E-state index contributed by atoms with van der Waals surface area (Å²) in [6.07, 6.45) is 0. The molecule has 0 atom stereocenters. The van der Waals surface area contributed by atoms with Gasteiger partial charge in [0.25, 0.3) is 11.6 Å². The lowest BCUT2D eigenvalue weighted by Gasteiger charge is -2.34. The van der Waals surface area contributed by atoms with Gasteiger partial charge in [0, 0.05) is 49.9 Å². The fraction of sp³-hybridized carbons (Fsp3) is 0.350. The highest BCUT2D eigenvalue weighted by molar-refractivity contribution is 5.95. The van der Waals surface area contributed by atoms with E-state index in [4.69, 9.17) is 4.74 Å². The molecule has 1 heterocycles. The molecule has 0 bridgehead atoms. The maximum atomic E-state index is 12.7. The number of nitro groups is 1. The molecule has 0 unspecified atom stereocenters. The molecule has 142 valence electrons. The summed E-state index contributed by atoms with van der Waals surface area (Å²) in [4.78, 5) is 27.3. The Morgan fingerprint density at radius 3 is 2.48 bits per heavy atom. The molecule has 27 heavy (non-hydrogen) atoms. The van der Waals surface area contributed by atoms with Gasteiger partial charge in [-0.05, 0) is 25.1 Å². The summed E-state index contributed by atoms with van der Waals surface area (Å²) in [6.45, 7) is 5.80. The van der Waals surface area contributed by atoms with Gasteiger partial charge in [-0.15, -0.1) is 0 Å². The van der Waals surface area contributed by atoms with Crippen LogP contribution in [0, 0.1) is 17.0 Å². The first-order chi connectivity index (χ1) is 13.0. The van der Waals surface area contributed by atoms with Gasteiger partial charge >= 0.3 is 0 Å². The summed E-state index contributed by atoms with van der Waals surface area (Å²) in [5.41, 5.74) is 0.908. The molecule has 7 nitrogen and oxygen atoms in total. The van der Waals surface area contributed by atoms with E-state index in [-0.39, 0.29) is 11.6 Å². The average molecular weight is 369 g/mol. The van der Waals surface area contributed by atoms with Gasteiger partial charge in [-0.25, -0.2) is 0 Å². The number of nitrogens with zero attached hydrogens (tertiary/aromatic N) is 3. The number of piperazine rings is 1. The summed E-state index contributed by atoms with van der Waals surface area (Å²) < 4.78 is 5.71. The molecule has 1 amide bonds. The van der Waals surface area contributed by atoms with E-state index in [1.54, 1.807) is 24.0 Å². The van der Waals surface area contributed by atoms with Crippen LogP contribution in [0.25, 0.3) is 0 Å². The van der Waals surface area contributed by atoms with Gasteiger partial charge in [0.1, 0.15) is 12.4 Å². The van der Waals surface area contributed by atoms with Crippen molar-refractivity contribution < 1.29 is 14.5 Å². The zero-order chi connectivity index (χ0) is 19.2. The van der Waals surface area contributed by atoms with E-state index in [0.29, 0.717) is 30.8 Å². The second-order valence-electron chi connectivity index (χ2n) is 6.55. The molecular weight excluding hydrogens is 346 g/mol. The van der Waals surface area contributed by atoms with Crippen molar-refractivity contribution in [1.29, 1.82) is 0 Å². The number of amides is 1. The van der Waals surface area contributed by atoms with Crippen molar-refractivity contribution in [2.75, 3.05) is 39.3 Å². The molecule has 1 fully saturated rings. The van der Waals surface area contributed by atoms with Crippen LogP contribution in [0.1, 0.15) is 15.9 Å². The molecular formula is C20H23N3O4. The van der Waals surface area contributed by atoms with Crippen LogP contribution in [-0.2, 0) is 0 Å². The highest BCUT2D eigenvalue weighted by Gasteiger charge is 2.23. The Bertz CT molecular complexity index is 802. The SMILES string of the molecule is Cc1ccc(C(=O)N2CCN(CCOc3ccccc3)CC2)cc1[N+](=O)[O-]. The second-order valence-corrected chi connectivity index (χ2v) is 6.55. The highest BCUT2D eigenvalue weighted by atomic mass is 16.6. The minimum atomic E-state index is -0.448. The van der Waals surface area contributed by atoms with Crippen molar-refractivity contribution >= 4 is 11.6 Å². The first kappa shape index (κ1) is 18.8. The van der Waals surface area contributed by atoms with Crippen LogP contribution in [0.15, 0.2) is 48.5 Å². The van der Waals surface area contributed by atoms with E-state index < -0.39 is 4.92 Å². The Hall–Kier alpha value is -2.93. The van der Waals surface area contributed by atoms with Crippen LogP contribution in [-0.4, -0.2) is 60.0 Å². The van der Waals surface area contributed by atoms with Crippen molar-refractivity contribution in [2.24, 2.45) is 0 Å². The van der Waals surface area contributed by atoms with Crippen LogP contribution in [0.4, 0.5) is 5.69 Å². The van der Waals surface area contributed by atoms with Gasteiger partial charge in [0.15, 0.2) is 0 Å². The third-order valence-corrected chi connectivity index (χ3v) is 4.73. The zero-order valence-electron chi connectivity index (χ0n) is 15.3. The summed E-state index contributed by atoms with van der Waals surface area (Å²) in [5.74, 6) is 0.700.